The van der Waals surface area contributed by atoms with Crippen molar-refractivity contribution in [2.24, 2.45) is 7.05 Å². The molecule has 0 fully saturated rings. The van der Waals surface area contributed by atoms with E-state index in [9.17, 15) is 4.79 Å². The number of nitrogens with zero attached hydrogens (tertiary/aromatic N) is 4. The molecule has 21 heavy (non-hydrogen) atoms. The summed E-state index contributed by atoms with van der Waals surface area (Å²) in [5.41, 5.74) is 1.60. The van der Waals surface area contributed by atoms with Crippen LogP contribution in [0.25, 0.3) is 0 Å². The lowest BCUT2D eigenvalue weighted by Gasteiger charge is -2.11. The van der Waals surface area contributed by atoms with E-state index in [2.05, 4.69) is 21.5 Å². The summed E-state index contributed by atoms with van der Waals surface area (Å²) in [5.74, 6) is 0.0377. The van der Waals surface area contributed by atoms with Gasteiger partial charge < -0.3 is 4.18 Å². The van der Waals surface area contributed by atoms with Crippen LogP contribution in [-0.2, 0) is 11.2 Å². The maximum absolute atomic E-state index is 12.3. The third-order valence-electron chi connectivity index (χ3n) is 2.87. The quantitative estimate of drug-likeness (QED) is 0.867. The van der Waals surface area contributed by atoms with Gasteiger partial charge in [0.1, 0.15) is 12.4 Å². The van der Waals surface area contributed by atoms with E-state index in [0.717, 1.165) is 12.0 Å². The summed E-state index contributed by atoms with van der Waals surface area (Å²) < 4.78 is 6.48. The fourth-order valence-corrected chi connectivity index (χ4v) is 2.40. The van der Waals surface area contributed by atoms with Crippen molar-refractivity contribution in [3.63, 3.8) is 0 Å². The molecule has 1 amide bonds. The van der Waals surface area contributed by atoms with Crippen molar-refractivity contribution >= 4 is 23.9 Å². The second-order valence-electron chi connectivity index (χ2n) is 4.14. The molecule has 0 saturated carbocycles. The fraction of sp³-hybridized carbons (Fsp3) is 0.231. The molecule has 0 aliphatic carbocycles. The molecule has 0 aliphatic heterocycles. The van der Waals surface area contributed by atoms with Crippen LogP contribution in [0.4, 0.5) is 5.95 Å². The van der Waals surface area contributed by atoms with E-state index < -0.39 is 0 Å². The van der Waals surface area contributed by atoms with Gasteiger partial charge in [0.05, 0.1) is 17.6 Å². The van der Waals surface area contributed by atoms with Crippen molar-refractivity contribution in [2.75, 3.05) is 12.4 Å². The lowest BCUT2D eigenvalue weighted by Crippen LogP contribution is -2.17. The number of hydrogen-bond donors (Lipinski definition) is 1. The lowest BCUT2D eigenvalue weighted by atomic mass is 10.0. The molecule has 0 atom stereocenters. The average molecular weight is 303 g/mol. The van der Waals surface area contributed by atoms with Gasteiger partial charge in [-0.15, -0.1) is 0 Å². The molecule has 1 heterocycles. The van der Waals surface area contributed by atoms with Crippen LogP contribution in [0.2, 0.25) is 0 Å². The van der Waals surface area contributed by atoms with E-state index in [-0.39, 0.29) is 5.91 Å². The lowest BCUT2D eigenvalue weighted by molar-refractivity contribution is 0.102. The zero-order chi connectivity index (χ0) is 15.4. The molecule has 0 aliphatic rings. The Hall–Kier alpha value is -2.37. The molecule has 1 aromatic carbocycles. The monoisotopic (exact) mass is 303 g/mol. The Morgan fingerprint density at radius 3 is 2.86 bits per heavy atom. The molecule has 0 saturated heterocycles. The predicted molar refractivity (Wildman–Crippen MR) is 77.7 cm³/mol. The van der Waals surface area contributed by atoms with Gasteiger partial charge in [-0.3, -0.25) is 10.1 Å². The molecule has 0 unspecified atom stereocenters. The Bertz CT molecular complexity index is 720. The summed E-state index contributed by atoms with van der Waals surface area (Å²) in [6, 6.07) is 5.29. The minimum atomic E-state index is -0.314. The molecular formula is C13H13N5O2S. The first-order chi connectivity index (χ1) is 10.1. The van der Waals surface area contributed by atoms with Gasteiger partial charge in [0.15, 0.2) is 0 Å². The highest BCUT2D eigenvalue weighted by molar-refractivity contribution is 7.94. The van der Waals surface area contributed by atoms with Crippen LogP contribution in [0, 0.1) is 18.3 Å². The smallest absolute Gasteiger partial charge is 0.258 e. The van der Waals surface area contributed by atoms with Crippen LogP contribution < -0.4 is 5.32 Å². The topological polar surface area (TPSA) is 92.8 Å². The first kappa shape index (κ1) is 15.0. The van der Waals surface area contributed by atoms with Gasteiger partial charge in [-0.2, -0.15) is 15.3 Å². The Kier molecular flexibility index (Phi) is 4.57. The summed E-state index contributed by atoms with van der Waals surface area (Å²) >= 11 is 1.06. The number of amides is 1. The van der Waals surface area contributed by atoms with Gasteiger partial charge in [0, 0.05) is 24.7 Å². The van der Waals surface area contributed by atoms with Gasteiger partial charge in [-0.1, -0.05) is 0 Å². The molecule has 2 aromatic rings. The summed E-state index contributed by atoms with van der Waals surface area (Å²) in [7, 11) is 3.19. The molecule has 0 spiro atoms. The maximum atomic E-state index is 12.3. The van der Waals surface area contributed by atoms with Crippen molar-refractivity contribution in [1.29, 1.82) is 5.26 Å². The highest BCUT2D eigenvalue weighted by Gasteiger charge is 2.17. The minimum Gasteiger partial charge on any atom is -0.314 e. The van der Waals surface area contributed by atoms with Crippen molar-refractivity contribution < 1.29 is 8.98 Å². The van der Waals surface area contributed by atoms with Crippen LogP contribution in [0.1, 0.15) is 21.5 Å². The summed E-state index contributed by atoms with van der Waals surface area (Å²) in [5, 5.41) is 15.7. The van der Waals surface area contributed by atoms with E-state index in [0.29, 0.717) is 27.5 Å². The zero-order valence-electron chi connectivity index (χ0n) is 11.7. The van der Waals surface area contributed by atoms with Gasteiger partial charge in [0.25, 0.3) is 5.91 Å². The number of nitrogens with one attached hydrogen (secondary N) is 1. The van der Waals surface area contributed by atoms with Crippen LogP contribution >= 0.6 is 12.0 Å². The SMILES string of the molecule is COSc1c(C#N)ccc(C(=O)Nc2ncnn2C)c1C. The zero-order valence-corrected chi connectivity index (χ0v) is 12.6. The Morgan fingerprint density at radius 2 is 2.29 bits per heavy atom. The van der Waals surface area contributed by atoms with Crippen molar-refractivity contribution in [3.8, 4) is 6.07 Å². The third kappa shape index (κ3) is 3.04. The second kappa shape index (κ2) is 6.39. The summed E-state index contributed by atoms with van der Waals surface area (Å²) in [4.78, 5) is 16.9. The molecule has 1 aromatic heterocycles. The van der Waals surface area contributed by atoms with Crippen LogP contribution in [0.5, 0.6) is 0 Å². The highest BCUT2D eigenvalue weighted by atomic mass is 32.2. The first-order valence-corrected chi connectivity index (χ1v) is 6.72. The molecule has 1 N–H and O–H groups in total. The fourth-order valence-electron chi connectivity index (χ4n) is 1.79. The predicted octanol–water partition coefficient (Wildman–Crippen LogP) is 1.90. The Morgan fingerprint density at radius 1 is 1.52 bits per heavy atom. The minimum absolute atomic E-state index is 0.314. The van der Waals surface area contributed by atoms with Crippen LogP contribution in [-0.4, -0.2) is 27.8 Å². The number of rotatable bonds is 4. The van der Waals surface area contributed by atoms with Gasteiger partial charge in [-0.05, 0) is 24.6 Å². The highest BCUT2D eigenvalue weighted by Crippen LogP contribution is 2.29. The average Bonchev–Trinajstić information content (AvgIpc) is 2.86. The Labute approximate surface area is 126 Å². The number of anilines is 1. The number of hydrogen-bond acceptors (Lipinski definition) is 6. The maximum Gasteiger partial charge on any atom is 0.258 e. The number of aromatic nitrogens is 3. The van der Waals surface area contributed by atoms with E-state index in [1.807, 2.05) is 0 Å². The van der Waals surface area contributed by atoms with Gasteiger partial charge >= 0.3 is 0 Å². The van der Waals surface area contributed by atoms with Crippen LogP contribution in [0.15, 0.2) is 23.4 Å². The Balaban J connectivity index is 2.36. The van der Waals surface area contributed by atoms with Gasteiger partial charge in [0.2, 0.25) is 5.95 Å². The van der Waals surface area contributed by atoms with Crippen molar-refractivity contribution in [2.45, 2.75) is 11.8 Å². The number of aryl methyl sites for hydroxylation is 1. The van der Waals surface area contributed by atoms with E-state index >= 15 is 0 Å². The van der Waals surface area contributed by atoms with Crippen molar-refractivity contribution in [3.05, 3.63) is 35.2 Å². The second-order valence-corrected chi connectivity index (χ2v) is 5.05. The van der Waals surface area contributed by atoms with E-state index in [1.165, 1.54) is 18.1 Å². The molecule has 8 heteroatoms. The summed E-state index contributed by atoms with van der Waals surface area (Å²) in [6.07, 6.45) is 1.35. The normalized spacial score (nSPS) is 10.2. The number of carbonyl (C=O) groups excluding carboxylic acids is 1. The molecule has 2 rings (SSSR count). The number of nitriles is 1. The molecule has 7 nitrogen and oxygen atoms in total. The van der Waals surface area contributed by atoms with Crippen molar-refractivity contribution in [1.82, 2.24) is 14.8 Å². The molecule has 0 radical (unpaired) electrons. The first-order valence-electron chi connectivity index (χ1n) is 5.98. The molecular weight excluding hydrogens is 290 g/mol. The van der Waals surface area contributed by atoms with Crippen LogP contribution in [0.3, 0.4) is 0 Å². The van der Waals surface area contributed by atoms with Gasteiger partial charge in [-0.25, -0.2) is 4.68 Å². The number of benzene rings is 1. The summed E-state index contributed by atoms with van der Waals surface area (Å²) in [6.45, 7) is 1.77. The van der Waals surface area contributed by atoms with E-state index in [4.69, 9.17) is 9.44 Å². The standard InChI is InChI=1S/C13H13N5O2S/c1-8-10(5-4-9(6-14)11(8)21-20-3)12(19)17-13-15-7-16-18(13)2/h4-5,7H,1-3H3,(H,15,16,17,19). The number of carbonyl (C=O) groups is 1. The molecule has 108 valence electrons. The van der Waals surface area contributed by atoms with E-state index in [1.54, 1.807) is 26.1 Å². The largest absolute Gasteiger partial charge is 0.314 e. The third-order valence-corrected chi connectivity index (χ3v) is 3.73. The molecule has 0 bridgehead atoms.